The molecular formula is C8H8N2O2S. The first kappa shape index (κ1) is 9.64. The van der Waals surface area contributed by atoms with Crippen LogP contribution in [0.3, 0.4) is 0 Å². The Morgan fingerprint density at radius 1 is 1.31 bits per heavy atom. The van der Waals surface area contributed by atoms with E-state index in [-0.39, 0.29) is 9.94 Å². The largest absolute Gasteiger partial charge is 0.382 e. The van der Waals surface area contributed by atoms with Gasteiger partial charge in [-0.15, -0.1) is 0 Å². The van der Waals surface area contributed by atoms with Crippen LogP contribution in [-0.2, 0) is 9.84 Å². The highest BCUT2D eigenvalue weighted by Crippen LogP contribution is 2.10. The van der Waals surface area contributed by atoms with E-state index in [2.05, 4.69) is 4.79 Å². The van der Waals surface area contributed by atoms with Crippen LogP contribution in [0.2, 0.25) is 0 Å². The molecule has 0 fully saturated rings. The van der Waals surface area contributed by atoms with E-state index in [1.807, 2.05) is 0 Å². The van der Waals surface area contributed by atoms with Gasteiger partial charge in [-0.2, -0.15) is 4.79 Å². The summed E-state index contributed by atoms with van der Waals surface area (Å²) in [5.41, 5.74) is 8.34. The molecule has 1 aromatic carbocycles. The molecule has 68 valence electrons. The topological polar surface area (TPSA) is 70.5 Å². The Kier molecular flexibility index (Phi) is 2.60. The maximum atomic E-state index is 11.5. The smallest absolute Gasteiger partial charge is 0.360 e. The molecule has 5 heteroatoms. The van der Waals surface area contributed by atoms with Crippen LogP contribution in [-0.4, -0.2) is 18.3 Å². The summed E-state index contributed by atoms with van der Waals surface area (Å²) in [4.78, 5) is 2.80. The highest BCUT2D eigenvalue weighted by Gasteiger charge is 2.24. The third-order valence-electron chi connectivity index (χ3n) is 1.58. The summed E-state index contributed by atoms with van der Waals surface area (Å²) in [6.45, 7) is 1.24. The fourth-order valence-electron chi connectivity index (χ4n) is 0.824. The van der Waals surface area contributed by atoms with Gasteiger partial charge in [0.1, 0.15) is 0 Å². The Balaban J connectivity index is 3.33. The standard InChI is InChI=1S/C8H8N2O2S/c1-7(10-9)13(11,12)8-5-3-2-4-6-8/h2-6H,1H3. The summed E-state index contributed by atoms with van der Waals surface area (Å²) in [6, 6.07) is 7.83. The van der Waals surface area contributed by atoms with Crippen LogP contribution in [0.5, 0.6) is 0 Å². The lowest BCUT2D eigenvalue weighted by atomic mass is 10.4. The normalized spacial score (nSPS) is 10.5. The van der Waals surface area contributed by atoms with Crippen molar-refractivity contribution < 1.29 is 13.2 Å². The average molecular weight is 196 g/mol. The molecule has 0 aliphatic heterocycles. The van der Waals surface area contributed by atoms with Gasteiger partial charge in [-0.05, 0) is 12.1 Å². The minimum absolute atomic E-state index is 0.130. The quantitative estimate of drug-likeness (QED) is 0.292. The molecular weight excluding hydrogens is 188 g/mol. The van der Waals surface area contributed by atoms with E-state index in [9.17, 15) is 8.42 Å². The Morgan fingerprint density at radius 2 is 1.85 bits per heavy atom. The lowest BCUT2D eigenvalue weighted by molar-refractivity contribution is -0.00110. The second kappa shape index (κ2) is 3.51. The Hall–Kier alpha value is -1.45. The molecule has 0 aliphatic carbocycles. The van der Waals surface area contributed by atoms with Crippen LogP contribution in [0.4, 0.5) is 0 Å². The summed E-state index contributed by atoms with van der Waals surface area (Å²) in [7, 11) is -3.59. The zero-order valence-electron chi connectivity index (χ0n) is 7.01. The van der Waals surface area contributed by atoms with Crippen LogP contribution >= 0.6 is 0 Å². The Labute approximate surface area is 76.4 Å². The summed E-state index contributed by atoms with van der Waals surface area (Å²) < 4.78 is 22.9. The van der Waals surface area contributed by atoms with Crippen molar-refractivity contribution in [3.8, 4) is 0 Å². The molecule has 0 aromatic heterocycles. The van der Waals surface area contributed by atoms with Crippen molar-refractivity contribution in [3.63, 3.8) is 0 Å². The van der Waals surface area contributed by atoms with Gasteiger partial charge < -0.3 is 5.53 Å². The lowest BCUT2D eigenvalue weighted by Crippen LogP contribution is -2.12. The number of benzene rings is 1. The predicted octanol–water partition coefficient (Wildman–Crippen LogP) is 1.11. The van der Waals surface area contributed by atoms with Gasteiger partial charge in [0.25, 0.3) is 9.84 Å². The maximum Gasteiger partial charge on any atom is 0.382 e. The predicted molar refractivity (Wildman–Crippen MR) is 47.9 cm³/mol. The highest BCUT2D eigenvalue weighted by atomic mass is 32.2. The Morgan fingerprint density at radius 3 is 2.31 bits per heavy atom. The molecule has 0 amide bonds. The van der Waals surface area contributed by atoms with E-state index >= 15 is 0 Å². The maximum absolute atomic E-state index is 11.5. The lowest BCUT2D eigenvalue weighted by Gasteiger charge is -1.94. The third kappa shape index (κ3) is 1.83. The molecule has 0 saturated carbocycles. The number of nitrogens with zero attached hydrogens (tertiary/aromatic N) is 2. The average Bonchev–Trinajstić information content (AvgIpc) is 2.18. The number of hydrogen-bond donors (Lipinski definition) is 0. The van der Waals surface area contributed by atoms with E-state index in [1.165, 1.54) is 19.1 Å². The second-order valence-corrected chi connectivity index (χ2v) is 4.50. The summed E-state index contributed by atoms with van der Waals surface area (Å²) >= 11 is 0. The molecule has 0 aliphatic rings. The van der Waals surface area contributed by atoms with Crippen molar-refractivity contribution in [1.29, 1.82) is 0 Å². The van der Waals surface area contributed by atoms with Gasteiger partial charge in [0.15, 0.2) is 0 Å². The molecule has 13 heavy (non-hydrogen) atoms. The first-order valence-electron chi connectivity index (χ1n) is 3.58. The molecule has 4 nitrogen and oxygen atoms in total. The van der Waals surface area contributed by atoms with Gasteiger partial charge in [-0.3, -0.25) is 0 Å². The monoisotopic (exact) mass is 196 g/mol. The number of rotatable bonds is 1. The molecule has 0 atom stereocenters. The number of hydrogen-bond acceptors (Lipinski definition) is 2. The SMILES string of the molecule is CC(=[N+]=[N-])S(=O)(=O)c1ccccc1. The fraction of sp³-hybridized carbons (Fsp3) is 0.125. The summed E-state index contributed by atoms with van der Waals surface area (Å²) in [6.07, 6.45) is 0. The van der Waals surface area contributed by atoms with Crippen molar-refractivity contribution in [1.82, 2.24) is 0 Å². The van der Waals surface area contributed by atoms with Gasteiger partial charge in [0, 0.05) is 0 Å². The molecule has 0 radical (unpaired) electrons. The first-order chi connectivity index (χ1) is 6.09. The molecule has 0 saturated heterocycles. The summed E-state index contributed by atoms with van der Waals surface area (Å²) in [5.74, 6) is 0. The number of sulfone groups is 1. The Bertz CT molecular complexity index is 444. The van der Waals surface area contributed by atoms with Crippen molar-refractivity contribution in [2.45, 2.75) is 11.8 Å². The van der Waals surface area contributed by atoms with Gasteiger partial charge in [-0.25, -0.2) is 8.42 Å². The van der Waals surface area contributed by atoms with Crippen LogP contribution in [0.15, 0.2) is 35.2 Å². The molecule has 0 spiro atoms. The zero-order chi connectivity index (χ0) is 9.90. The minimum atomic E-state index is -3.59. The minimum Gasteiger partial charge on any atom is -0.360 e. The van der Waals surface area contributed by atoms with Crippen molar-refractivity contribution in [2.24, 2.45) is 0 Å². The second-order valence-electron chi connectivity index (χ2n) is 2.44. The van der Waals surface area contributed by atoms with E-state index in [1.54, 1.807) is 18.2 Å². The molecule has 0 heterocycles. The first-order valence-corrected chi connectivity index (χ1v) is 5.06. The highest BCUT2D eigenvalue weighted by molar-refractivity contribution is 8.06. The van der Waals surface area contributed by atoms with Gasteiger partial charge in [0.2, 0.25) is 0 Å². The van der Waals surface area contributed by atoms with Crippen LogP contribution in [0.1, 0.15) is 6.92 Å². The van der Waals surface area contributed by atoms with Gasteiger partial charge in [-0.1, -0.05) is 18.2 Å². The van der Waals surface area contributed by atoms with E-state index in [0.29, 0.717) is 0 Å². The fourth-order valence-corrected chi connectivity index (χ4v) is 1.79. The van der Waals surface area contributed by atoms with Crippen LogP contribution < -0.4 is 0 Å². The van der Waals surface area contributed by atoms with Crippen LogP contribution in [0, 0.1) is 0 Å². The van der Waals surface area contributed by atoms with Crippen molar-refractivity contribution >= 4 is 14.9 Å². The van der Waals surface area contributed by atoms with Gasteiger partial charge >= 0.3 is 5.04 Å². The summed E-state index contributed by atoms with van der Waals surface area (Å²) in [5, 5.41) is -0.307. The third-order valence-corrected chi connectivity index (χ3v) is 3.34. The molecule has 0 N–H and O–H groups in total. The molecule has 0 bridgehead atoms. The molecule has 0 unspecified atom stereocenters. The molecule has 1 rings (SSSR count). The van der Waals surface area contributed by atoms with E-state index in [0.717, 1.165) is 0 Å². The van der Waals surface area contributed by atoms with E-state index < -0.39 is 9.84 Å². The van der Waals surface area contributed by atoms with Crippen molar-refractivity contribution in [3.05, 3.63) is 35.9 Å². The van der Waals surface area contributed by atoms with Crippen molar-refractivity contribution in [2.75, 3.05) is 0 Å². The van der Waals surface area contributed by atoms with Crippen LogP contribution in [0.25, 0.3) is 5.53 Å². The van der Waals surface area contributed by atoms with E-state index in [4.69, 9.17) is 5.53 Å². The van der Waals surface area contributed by atoms with Gasteiger partial charge in [0.05, 0.1) is 11.8 Å². The molecule has 1 aromatic rings. The zero-order valence-corrected chi connectivity index (χ0v) is 7.82.